The van der Waals surface area contributed by atoms with Gasteiger partial charge in [0.2, 0.25) is 5.91 Å². The molecular weight excluding hydrogens is 248 g/mol. The zero-order valence-corrected chi connectivity index (χ0v) is 11.0. The van der Waals surface area contributed by atoms with Gasteiger partial charge in [0.05, 0.1) is 13.7 Å². The van der Waals surface area contributed by atoms with Crippen molar-refractivity contribution in [2.45, 2.75) is 12.5 Å². The average molecular weight is 266 g/mol. The van der Waals surface area contributed by atoms with Crippen molar-refractivity contribution in [2.75, 3.05) is 20.7 Å². The monoisotopic (exact) mass is 266 g/mol. The van der Waals surface area contributed by atoms with Crippen molar-refractivity contribution >= 4 is 11.9 Å². The second-order valence-electron chi connectivity index (χ2n) is 3.91. The number of hydrogen-bond acceptors (Lipinski definition) is 5. The van der Waals surface area contributed by atoms with Gasteiger partial charge >= 0.3 is 5.97 Å². The van der Waals surface area contributed by atoms with Crippen LogP contribution in [0, 0.1) is 0 Å². The lowest BCUT2D eigenvalue weighted by atomic mass is 10.1. The zero-order valence-electron chi connectivity index (χ0n) is 11.0. The fraction of sp³-hybridized carbons (Fsp3) is 0.385. The third kappa shape index (κ3) is 5.50. The minimum atomic E-state index is -0.775. The third-order valence-electron chi connectivity index (χ3n) is 2.41. The Labute approximate surface area is 112 Å². The van der Waals surface area contributed by atoms with Crippen LogP contribution in [0.3, 0.4) is 0 Å². The maximum atomic E-state index is 11.7. The van der Waals surface area contributed by atoms with Crippen LogP contribution in [0.25, 0.3) is 0 Å². The van der Waals surface area contributed by atoms with Crippen molar-refractivity contribution < 1.29 is 19.4 Å². The molecule has 0 bridgehead atoms. The van der Waals surface area contributed by atoms with E-state index in [1.54, 1.807) is 7.05 Å². The van der Waals surface area contributed by atoms with Crippen LogP contribution >= 0.6 is 0 Å². The summed E-state index contributed by atoms with van der Waals surface area (Å²) < 4.78 is 0. The van der Waals surface area contributed by atoms with Crippen LogP contribution in [0.15, 0.2) is 30.3 Å². The van der Waals surface area contributed by atoms with E-state index in [1.807, 2.05) is 30.3 Å². The molecule has 2 N–H and O–H groups in total. The van der Waals surface area contributed by atoms with Gasteiger partial charge in [0.25, 0.3) is 0 Å². The molecule has 1 rings (SSSR count). The minimum absolute atomic E-state index is 0.131. The number of carbonyl (C=O) groups is 2. The maximum absolute atomic E-state index is 11.7. The highest BCUT2D eigenvalue weighted by Crippen LogP contribution is 2.04. The lowest BCUT2D eigenvalue weighted by molar-refractivity contribution is -0.256. The molecule has 1 atom stereocenters. The van der Waals surface area contributed by atoms with E-state index in [1.165, 1.54) is 7.11 Å². The molecule has 19 heavy (non-hydrogen) atoms. The maximum Gasteiger partial charge on any atom is 0.364 e. The Bertz CT molecular complexity index is 408. The molecule has 0 saturated heterocycles. The van der Waals surface area contributed by atoms with Gasteiger partial charge < -0.3 is 10.6 Å². The average Bonchev–Trinajstić information content (AvgIpc) is 2.40. The molecule has 0 unspecified atom stereocenters. The van der Waals surface area contributed by atoms with Gasteiger partial charge in [-0.25, -0.2) is 4.79 Å². The molecular formula is C13H18N2O4. The summed E-state index contributed by atoms with van der Waals surface area (Å²) in [6.07, 6.45) is 0.346. The number of benzene rings is 1. The van der Waals surface area contributed by atoms with E-state index in [2.05, 4.69) is 20.4 Å². The number of likely N-dealkylation sites (N-methyl/N-ethyl adjacent to an activating group) is 1. The van der Waals surface area contributed by atoms with E-state index in [4.69, 9.17) is 0 Å². The van der Waals surface area contributed by atoms with Gasteiger partial charge in [0.1, 0.15) is 6.04 Å². The molecule has 0 radical (unpaired) electrons. The summed E-state index contributed by atoms with van der Waals surface area (Å²) in [4.78, 5) is 32.1. The first-order chi connectivity index (χ1) is 9.17. The quantitative estimate of drug-likeness (QED) is 0.538. The van der Waals surface area contributed by atoms with Crippen molar-refractivity contribution in [1.82, 2.24) is 10.6 Å². The number of rotatable bonds is 7. The first-order valence-corrected chi connectivity index (χ1v) is 5.89. The molecule has 0 spiro atoms. The molecule has 6 heteroatoms. The fourth-order valence-electron chi connectivity index (χ4n) is 1.59. The van der Waals surface area contributed by atoms with Gasteiger partial charge in [-0.2, -0.15) is 4.89 Å². The Hall–Kier alpha value is -1.92. The van der Waals surface area contributed by atoms with E-state index >= 15 is 0 Å². The normalized spacial score (nSPS) is 11.7. The topological polar surface area (TPSA) is 76.7 Å². The van der Waals surface area contributed by atoms with Crippen molar-refractivity contribution in [1.29, 1.82) is 0 Å². The van der Waals surface area contributed by atoms with Crippen LogP contribution in [-0.2, 0) is 25.8 Å². The summed E-state index contributed by atoms with van der Waals surface area (Å²) in [5.41, 5.74) is 0.922. The van der Waals surface area contributed by atoms with Crippen LogP contribution in [0.2, 0.25) is 0 Å². The molecule has 6 nitrogen and oxygen atoms in total. The molecule has 104 valence electrons. The predicted molar refractivity (Wildman–Crippen MR) is 69.1 cm³/mol. The van der Waals surface area contributed by atoms with Gasteiger partial charge in [-0.3, -0.25) is 9.68 Å². The van der Waals surface area contributed by atoms with Crippen LogP contribution in [0.4, 0.5) is 0 Å². The molecule has 0 aliphatic rings. The molecule has 1 aromatic carbocycles. The van der Waals surface area contributed by atoms with Crippen molar-refractivity contribution in [3.05, 3.63) is 35.9 Å². The lowest BCUT2D eigenvalue weighted by Crippen LogP contribution is -2.46. The summed E-state index contributed by atoms with van der Waals surface area (Å²) in [6, 6.07) is 8.58. The number of hydrogen-bond donors (Lipinski definition) is 2. The molecule has 1 amide bonds. The van der Waals surface area contributed by atoms with E-state index < -0.39 is 12.0 Å². The molecule has 0 aliphatic heterocycles. The van der Waals surface area contributed by atoms with Gasteiger partial charge in [-0.15, -0.1) is 0 Å². The standard InChI is InChI=1S/C13H18N2O4/c1-14-9-12(16)15-11(13(17)19-18-2)8-10-6-4-3-5-7-10/h3-7,11,14H,8-9H2,1-2H3,(H,15,16)/t11-/m0/s1. The van der Waals surface area contributed by atoms with Crippen LogP contribution in [0.5, 0.6) is 0 Å². The highest BCUT2D eigenvalue weighted by molar-refractivity contribution is 5.85. The largest absolute Gasteiger partial charge is 0.364 e. The molecule has 0 aliphatic carbocycles. The first-order valence-electron chi connectivity index (χ1n) is 5.89. The fourth-order valence-corrected chi connectivity index (χ4v) is 1.59. The van der Waals surface area contributed by atoms with E-state index in [0.717, 1.165) is 5.56 Å². The Balaban J connectivity index is 2.69. The van der Waals surface area contributed by atoms with Gasteiger partial charge in [0, 0.05) is 6.42 Å². The second-order valence-corrected chi connectivity index (χ2v) is 3.91. The second kappa shape index (κ2) is 8.23. The SMILES string of the molecule is CNCC(=O)N[C@@H](Cc1ccccc1)C(=O)OOC. The summed E-state index contributed by atoms with van der Waals surface area (Å²) in [5.74, 6) is -0.910. The smallest absolute Gasteiger partial charge is 0.341 e. The molecule has 0 heterocycles. The number of carbonyl (C=O) groups excluding carboxylic acids is 2. The van der Waals surface area contributed by atoms with Crippen molar-refractivity contribution in [3.8, 4) is 0 Å². The van der Waals surface area contributed by atoms with E-state index in [9.17, 15) is 9.59 Å². The molecule has 1 aromatic rings. The number of nitrogens with one attached hydrogen (secondary N) is 2. The van der Waals surface area contributed by atoms with Crippen LogP contribution in [-0.4, -0.2) is 38.6 Å². The van der Waals surface area contributed by atoms with Crippen molar-refractivity contribution in [3.63, 3.8) is 0 Å². The van der Waals surface area contributed by atoms with Gasteiger partial charge in [-0.1, -0.05) is 30.3 Å². The van der Waals surface area contributed by atoms with Gasteiger partial charge in [-0.05, 0) is 12.6 Å². The highest BCUT2D eigenvalue weighted by atomic mass is 17.2. The van der Waals surface area contributed by atoms with E-state index in [0.29, 0.717) is 6.42 Å². The van der Waals surface area contributed by atoms with Crippen LogP contribution in [0.1, 0.15) is 5.56 Å². The Morgan fingerprint density at radius 2 is 1.95 bits per heavy atom. The lowest BCUT2D eigenvalue weighted by Gasteiger charge is -2.16. The Morgan fingerprint density at radius 1 is 1.26 bits per heavy atom. The number of amides is 1. The third-order valence-corrected chi connectivity index (χ3v) is 2.41. The predicted octanol–water partition coefficient (Wildman–Crippen LogP) is 0.0379. The summed E-state index contributed by atoms with van der Waals surface area (Å²) >= 11 is 0. The summed E-state index contributed by atoms with van der Waals surface area (Å²) in [6.45, 7) is 0.131. The van der Waals surface area contributed by atoms with Gasteiger partial charge in [0.15, 0.2) is 0 Å². The van der Waals surface area contributed by atoms with E-state index in [-0.39, 0.29) is 12.5 Å². The first kappa shape index (κ1) is 15.1. The Kier molecular flexibility index (Phi) is 6.56. The molecule has 0 fully saturated rings. The Morgan fingerprint density at radius 3 is 2.53 bits per heavy atom. The summed E-state index contributed by atoms with van der Waals surface area (Å²) in [5, 5.41) is 5.31. The minimum Gasteiger partial charge on any atom is -0.341 e. The van der Waals surface area contributed by atoms with Crippen molar-refractivity contribution in [2.24, 2.45) is 0 Å². The highest BCUT2D eigenvalue weighted by Gasteiger charge is 2.23. The van der Waals surface area contributed by atoms with Crippen LogP contribution < -0.4 is 10.6 Å². The summed E-state index contributed by atoms with van der Waals surface area (Å²) in [7, 11) is 2.89. The molecule has 0 aromatic heterocycles. The zero-order chi connectivity index (χ0) is 14.1. The molecule has 0 saturated carbocycles.